The van der Waals surface area contributed by atoms with Crippen molar-refractivity contribution in [1.82, 2.24) is 10.5 Å². The van der Waals surface area contributed by atoms with E-state index in [0.717, 1.165) is 35.4 Å². The summed E-state index contributed by atoms with van der Waals surface area (Å²) in [5.74, 6) is 0.523. The average Bonchev–Trinajstić information content (AvgIpc) is 3.30. The molecule has 0 unspecified atom stereocenters. The molecule has 1 N–H and O–H groups in total. The topological polar surface area (TPSA) is 64.4 Å². The molecule has 0 saturated carbocycles. The molecular formula is C21H17F3N2O3. The summed E-state index contributed by atoms with van der Waals surface area (Å²) in [6.45, 7) is 1.94. The smallest absolute Gasteiger partial charge is 0.417 e. The second-order valence-corrected chi connectivity index (χ2v) is 6.86. The molecule has 5 nitrogen and oxygen atoms in total. The maximum Gasteiger partial charge on any atom is 0.417 e. The molecule has 4 rings (SSSR count). The van der Waals surface area contributed by atoms with Crippen LogP contribution in [0, 0.1) is 0 Å². The minimum atomic E-state index is -4.61. The van der Waals surface area contributed by atoms with E-state index in [1.54, 1.807) is 6.07 Å². The number of aromatic nitrogens is 1. The average molecular weight is 402 g/mol. The molecule has 0 fully saturated rings. The number of amides is 1. The van der Waals surface area contributed by atoms with Crippen molar-refractivity contribution >= 4 is 5.91 Å². The van der Waals surface area contributed by atoms with Crippen LogP contribution in [0.15, 0.2) is 53.1 Å². The van der Waals surface area contributed by atoms with Crippen molar-refractivity contribution in [1.29, 1.82) is 0 Å². The summed E-state index contributed by atoms with van der Waals surface area (Å²) in [5, 5.41) is 6.35. The van der Waals surface area contributed by atoms with Crippen molar-refractivity contribution in [3.8, 4) is 17.1 Å². The Morgan fingerprint density at radius 1 is 1.21 bits per heavy atom. The van der Waals surface area contributed by atoms with Gasteiger partial charge in [0.2, 0.25) is 0 Å². The number of carbonyl (C=O) groups excluding carboxylic acids is 1. The summed E-state index contributed by atoms with van der Waals surface area (Å²) < 4.78 is 50.2. The Morgan fingerprint density at radius 3 is 2.79 bits per heavy atom. The zero-order chi connectivity index (χ0) is 20.6. The Bertz CT molecular complexity index is 1060. The SMILES string of the molecule is C[C@H]1Cc2cc(-c3cc(CNC(=O)c4ccccc4C(F)(F)F)no3)ccc2O1. The van der Waals surface area contributed by atoms with E-state index in [0.29, 0.717) is 11.5 Å². The van der Waals surface area contributed by atoms with Gasteiger partial charge < -0.3 is 14.6 Å². The van der Waals surface area contributed by atoms with Crippen molar-refractivity contribution in [2.24, 2.45) is 0 Å². The van der Waals surface area contributed by atoms with Gasteiger partial charge in [-0.25, -0.2) is 0 Å². The molecule has 150 valence electrons. The second-order valence-electron chi connectivity index (χ2n) is 6.86. The first-order chi connectivity index (χ1) is 13.8. The first-order valence-electron chi connectivity index (χ1n) is 9.01. The lowest BCUT2D eigenvalue weighted by Gasteiger charge is -2.12. The van der Waals surface area contributed by atoms with Crippen LogP contribution < -0.4 is 10.1 Å². The minimum absolute atomic E-state index is 0.0559. The van der Waals surface area contributed by atoms with Gasteiger partial charge >= 0.3 is 6.18 Å². The van der Waals surface area contributed by atoms with Crippen LogP contribution in [-0.4, -0.2) is 17.2 Å². The van der Waals surface area contributed by atoms with E-state index in [4.69, 9.17) is 9.26 Å². The Kier molecular flexibility index (Phi) is 4.77. The maximum absolute atomic E-state index is 13.1. The molecule has 0 bridgehead atoms. The van der Waals surface area contributed by atoms with E-state index in [2.05, 4.69) is 10.5 Å². The van der Waals surface area contributed by atoms with Crippen LogP contribution in [0.3, 0.4) is 0 Å². The third-order valence-electron chi connectivity index (χ3n) is 4.65. The zero-order valence-electron chi connectivity index (χ0n) is 15.4. The summed E-state index contributed by atoms with van der Waals surface area (Å²) in [6, 6.07) is 12.0. The number of ether oxygens (including phenoxy) is 1. The summed E-state index contributed by atoms with van der Waals surface area (Å²) in [5.41, 5.74) is 0.881. The van der Waals surface area contributed by atoms with Crippen LogP contribution in [0.1, 0.15) is 34.1 Å². The maximum atomic E-state index is 13.1. The van der Waals surface area contributed by atoms with E-state index in [1.165, 1.54) is 12.1 Å². The van der Waals surface area contributed by atoms with E-state index >= 15 is 0 Å². The van der Waals surface area contributed by atoms with E-state index in [1.807, 2.05) is 25.1 Å². The van der Waals surface area contributed by atoms with Gasteiger partial charge in [0.15, 0.2) is 5.76 Å². The molecule has 1 atom stereocenters. The predicted molar refractivity (Wildman–Crippen MR) is 98.3 cm³/mol. The molecule has 1 amide bonds. The molecule has 8 heteroatoms. The molecule has 1 aliphatic rings. The fourth-order valence-corrected chi connectivity index (χ4v) is 3.30. The van der Waals surface area contributed by atoms with E-state index < -0.39 is 23.2 Å². The second kappa shape index (κ2) is 7.27. The molecule has 3 aromatic rings. The first-order valence-corrected chi connectivity index (χ1v) is 9.01. The van der Waals surface area contributed by atoms with Gasteiger partial charge in [0.05, 0.1) is 17.7 Å². The molecule has 29 heavy (non-hydrogen) atoms. The monoisotopic (exact) mass is 402 g/mol. The largest absolute Gasteiger partial charge is 0.490 e. The van der Waals surface area contributed by atoms with Gasteiger partial charge in [0.25, 0.3) is 5.91 Å². The van der Waals surface area contributed by atoms with Crippen LogP contribution in [0.4, 0.5) is 13.2 Å². The zero-order valence-corrected chi connectivity index (χ0v) is 15.4. The predicted octanol–water partition coefficient (Wildman–Crippen LogP) is 4.61. The molecule has 2 aromatic carbocycles. The summed E-state index contributed by atoms with van der Waals surface area (Å²) >= 11 is 0. The molecule has 1 aliphatic heterocycles. The Morgan fingerprint density at radius 2 is 2.00 bits per heavy atom. The number of benzene rings is 2. The Labute approximate surface area is 164 Å². The van der Waals surface area contributed by atoms with Gasteiger partial charge in [-0.15, -0.1) is 0 Å². The van der Waals surface area contributed by atoms with Crippen molar-refractivity contribution in [3.63, 3.8) is 0 Å². The van der Waals surface area contributed by atoms with Crippen molar-refractivity contribution in [2.75, 3.05) is 0 Å². The third-order valence-corrected chi connectivity index (χ3v) is 4.65. The number of halogens is 3. The fraction of sp³-hybridized carbons (Fsp3) is 0.238. The lowest BCUT2D eigenvalue weighted by molar-refractivity contribution is -0.137. The van der Waals surface area contributed by atoms with Gasteiger partial charge in [-0.1, -0.05) is 17.3 Å². The number of nitrogens with one attached hydrogen (secondary N) is 1. The number of nitrogens with zero attached hydrogens (tertiary/aromatic N) is 1. The van der Waals surface area contributed by atoms with E-state index in [-0.39, 0.29) is 12.6 Å². The van der Waals surface area contributed by atoms with Gasteiger partial charge in [0, 0.05) is 18.1 Å². The van der Waals surface area contributed by atoms with Crippen molar-refractivity contribution < 1.29 is 27.2 Å². The van der Waals surface area contributed by atoms with Crippen LogP contribution in [0.5, 0.6) is 5.75 Å². The van der Waals surface area contributed by atoms with Crippen LogP contribution in [-0.2, 0) is 19.1 Å². The van der Waals surface area contributed by atoms with Crippen LogP contribution >= 0.6 is 0 Å². The normalized spacial score (nSPS) is 15.7. The summed E-state index contributed by atoms with van der Waals surface area (Å²) in [7, 11) is 0. The molecule has 0 aliphatic carbocycles. The quantitative estimate of drug-likeness (QED) is 0.692. The molecule has 2 heterocycles. The summed E-state index contributed by atoms with van der Waals surface area (Å²) in [4.78, 5) is 12.2. The molecular weight excluding hydrogens is 385 g/mol. The first kappa shape index (κ1) is 19.0. The number of rotatable bonds is 4. The van der Waals surface area contributed by atoms with Gasteiger partial charge in [-0.3, -0.25) is 4.79 Å². The van der Waals surface area contributed by atoms with Crippen LogP contribution in [0.2, 0.25) is 0 Å². The highest BCUT2D eigenvalue weighted by Gasteiger charge is 2.34. The lowest BCUT2D eigenvalue weighted by Crippen LogP contribution is -2.26. The van der Waals surface area contributed by atoms with Crippen LogP contribution in [0.25, 0.3) is 11.3 Å². The van der Waals surface area contributed by atoms with Gasteiger partial charge in [0.1, 0.15) is 17.5 Å². The molecule has 1 aromatic heterocycles. The number of fused-ring (bicyclic) bond motifs is 1. The fourth-order valence-electron chi connectivity index (χ4n) is 3.30. The molecule has 0 saturated heterocycles. The highest BCUT2D eigenvalue weighted by Crippen LogP contribution is 2.33. The van der Waals surface area contributed by atoms with E-state index in [9.17, 15) is 18.0 Å². The number of hydrogen-bond acceptors (Lipinski definition) is 4. The lowest BCUT2D eigenvalue weighted by atomic mass is 10.1. The third kappa shape index (κ3) is 3.96. The highest BCUT2D eigenvalue weighted by atomic mass is 19.4. The number of carbonyl (C=O) groups is 1. The minimum Gasteiger partial charge on any atom is -0.490 e. The highest BCUT2D eigenvalue weighted by molar-refractivity contribution is 5.95. The van der Waals surface area contributed by atoms with Crippen molar-refractivity contribution in [3.05, 3.63) is 70.9 Å². The van der Waals surface area contributed by atoms with Crippen molar-refractivity contribution in [2.45, 2.75) is 32.2 Å². The standard InChI is InChI=1S/C21H17F3N2O3/c1-12-8-14-9-13(6-7-18(14)28-12)19-10-15(26-29-19)11-25-20(27)16-4-2-3-5-17(16)21(22,23)24/h2-7,9-10,12H,8,11H2,1H3,(H,25,27)/t12-/m0/s1. The number of alkyl halides is 3. The molecule has 0 radical (unpaired) electrons. The Balaban J connectivity index is 1.46. The summed E-state index contributed by atoms with van der Waals surface area (Å²) in [6.07, 6.45) is -3.68. The number of hydrogen-bond donors (Lipinski definition) is 1. The van der Waals surface area contributed by atoms with Gasteiger partial charge in [-0.05, 0) is 42.8 Å². The molecule has 0 spiro atoms. The Hall–Kier alpha value is -3.29. The van der Waals surface area contributed by atoms with Gasteiger partial charge in [-0.2, -0.15) is 13.2 Å².